The number of urea groups is 1. The maximum Gasteiger partial charge on any atom is 0.407 e. The lowest BCUT2D eigenvalue weighted by Crippen LogP contribution is -2.51. The molecule has 2 fully saturated rings. The number of piperidine rings is 1. The minimum absolute atomic E-state index is 0.0417. The van der Waals surface area contributed by atoms with Gasteiger partial charge in [-0.2, -0.15) is 0 Å². The molecule has 3 aliphatic heterocycles. The number of pyridine rings is 1. The van der Waals surface area contributed by atoms with E-state index in [9.17, 15) is 14.7 Å². The van der Waals surface area contributed by atoms with E-state index in [1.165, 1.54) is 16.0 Å². The van der Waals surface area contributed by atoms with Gasteiger partial charge in [0.05, 0.1) is 18.3 Å². The molecule has 9 nitrogen and oxygen atoms in total. The smallest absolute Gasteiger partial charge is 0.407 e. The Bertz CT molecular complexity index is 1270. The molecule has 10 heteroatoms. The number of rotatable bonds is 9. The fourth-order valence-electron chi connectivity index (χ4n) is 6.29. The van der Waals surface area contributed by atoms with E-state index in [4.69, 9.17) is 9.41 Å². The molecular formula is C33H49N5O4Si. The third kappa shape index (κ3) is 7.59. The highest BCUT2D eigenvalue weighted by Gasteiger charge is 2.41. The number of hydrogen-bond acceptors (Lipinski definition) is 5. The van der Waals surface area contributed by atoms with E-state index < -0.39 is 14.4 Å². The summed E-state index contributed by atoms with van der Waals surface area (Å²) in [4.78, 5) is 37.3. The van der Waals surface area contributed by atoms with Crippen molar-refractivity contribution in [2.45, 2.75) is 83.3 Å². The summed E-state index contributed by atoms with van der Waals surface area (Å²) in [6.07, 6.45) is 3.71. The molecule has 0 unspecified atom stereocenters. The summed E-state index contributed by atoms with van der Waals surface area (Å²) in [6.45, 7) is 17.7. The predicted molar refractivity (Wildman–Crippen MR) is 171 cm³/mol. The van der Waals surface area contributed by atoms with Gasteiger partial charge in [-0.05, 0) is 66.1 Å². The highest BCUT2D eigenvalue weighted by Crippen LogP contribution is 2.38. The maximum absolute atomic E-state index is 13.6. The minimum atomic E-state index is -2.05. The van der Waals surface area contributed by atoms with Crippen LogP contribution in [0.2, 0.25) is 18.1 Å². The van der Waals surface area contributed by atoms with Gasteiger partial charge in [-0.15, -0.1) is 0 Å². The molecule has 1 aromatic carbocycles. The van der Waals surface area contributed by atoms with E-state index in [1.54, 1.807) is 0 Å². The van der Waals surface area contributed by atoms with Crippen LogP contribution in [-0.4, -0.2) is 102 Å². The van der Waals surface area contributed by atoms with Gasteiger partial charge in [-0.25, -0.2) is 9.59 Å². The molecule has 3 amide bonds. The number of aromatic nitrogens is 1. The fourth-order valence-corrected chi connectivity index (χ4v) is 7.62. The molecular weight excluding hydrogens is 558 g/mol. The number of fused-ring (bicyclic) bond motifs is 1. The Labute approximate surface area is 257 Å². The van der Waals surface area contributed by atoms with Gasteiger partial charge in [0.15, 0.2) is 8.32 Å². The standard InChI is InChI=1S/C33H49N5O4Si/c1-33(2,3)43(4,5)42-30(23-35-15-12-25-8-6-7-9-28(25)21-35)24-38-19-18-37(31(38)39)22-29-11-10-27(20-34-29)26-13-16-36(17-14-26)32(40)41/h6-11,20,26,30H,12-19,21-24H2,1-5H3,(H,40,41)/t30-/m1/s1. The second kappa shape index (κ2) is 13.0. The first kappa shape index (κ1) is 31.5. The topological polar surface area (TPSA) is 89.5 Å². The van der Waals surface area contributed by atoms with E-state index >= 15 is 0 Å². The highest BCUT2D eigenvalue weighted by atomic mass is 28.4. The molecule has 1 atom stereocenters. The SMILES string of the molecule is CC(C)(C)[Si](C)(C)O[C@H](CN1CCc2ccccc2C1)CN1CCN(Cc2ccc(C3CCN(C(=O)O)CC3)cn2)C1=O. The molecule has 0 aliphatic carbocycles. The third-order valence-corrected chi connectivity index (χ3v) is 14.5. The van der Waals surface area contributed by atoms with Gasteiger partial charge in [0.2, 0.25) is 0 Å². The summed E-state index contributed by atoms with van der Waals surface area (Å²) in [7, 11) is -2.05. The average molecular weight is 608 g/mol. The summed E-state index contributed by atoms with van der Waals surface area (Å²) in [5.41, 5.74) is 4.86. The molecule has 0 saturated carbocycles. The first-order chi connectivity index (χ1) is 20.4. The quantitative estimate of drug-likeness (QED) is 0.372. The molecule has 1 aromatic heterocycles. The van der Waals surface area contributed by atoms with Crippen molar-refractivity contribution in [1.29, 1.82) is 0 Å². The van der Waals surface area contributed by atoms with Gasteiger partial charge in [0.1, 0.15) is 0 Å². The Hall–Kier alpha value is -2.95. The summed E-state index contributed by atoms with van der Waals surface area (Å²) in [5, 5.41) is 9.30. The van der Waals surface area contributed by atoms with Crippen molar-refractivity contribution in [3.8, 4) is 0 Å². The average Bonchev–Trinajstić information content (AvgIpc) is 3.30. The molecule has 234 valence electrons. The molecule has 2 saturated heterocycles. The zero-order chi connectivity index (χ0) is 30.8. The number of benzene rings is 1. The van der Waals surface area contributed by atoms with Crippen molar-refractivity contribution in [2.75, 3.05) is 45.8 Å². The Balaban J connectivity index is 1.19. The van der Waals surface area contributed by atoms with Crippen LogP contribution in [0.25, 0.3) is 0 Å². The van der Waals surface area contributed by atoms with Crippen LogP contribution in [-0.2, 0) is 23.9 Å². The first-order valence-electron chi connectivity index (χ1n) is 15.8. The van der Waals surface area contributed by atoms with Crippen LogP contribution in [0.4, 0.5) is 9.59 Å². The molecule has 3 aliphatic rings. The zero-order valence-electron chi connectivity index (χ0n) is 26.6. The summed E-state index contributed by atoms with van der Waals surface area (Å²) in [6, 6.07) is 12.9. The molecule has 43 heavy (non-hydrogen) atoms. The van der Waals surface area contributed by atoms with Crippen LogP contribution in [0.5, 0.6) is 0 Å². The van der Waals surface area contributed by atoms with Crippen LogP contribution in [0, 0.1) is 0 Å². The zero-order valence-corrected chi connectivity index (χ0v) is 27.6. The van der Waals surface area contributed by atoms with Crippen molar-refractivity contribution in [3.05, 3.63) is 65.0 Å². The molecule has 2 aromatic rings. The van der Waals surface area contributed by atoms with Crippen LogP contribution in [0.1, 0.15) is 61.9 Å². The van der Waals surface area contributed by atoms with Gasteiger partial charge in [0, 0.05) is 58.6 Å². The first-order valence-corrected chi connectivity index (χ1v) is 18.7. The van der Waals surface area contributed by atoms with Crippen molar-refractivity contribution in [2.24, 2.45) is 0 Å². The van der Waals surface area contributed by atoms with Crippen LogP contribution < -0.4 is 0 Å². The minimum Gasteiger partial charge on any atom is -0.465 e. The van der Waals surface area contributed by atoms with E-state index in [-0.39, 0.29) is 17.2 Å². The van der Waals surface area contributed by atoms with Crippen molar-refractivity contribution in [3.63, 3.8) is 0 Å². The molecule has 0 spiro atoms. The summed E-state index contributed by atoms with van der Waals surface area (Å²) in [5.74, 6) is 0.326. The monoisotopic (exact) mass is 607 g/mol. The molecule has 5 rings (SSSR count). The number of carbonyl (C=O) groups excluding carboxylic acids is 1. The van der Waals surface area contributed by atoms with E-state index in [1.807, 2.05) is 22.1 Å². The lowest BCUT2D eigenvalue weighted by Gasteiger charge is -2.42. The number of carbonyl (C=O) groups is 2. The van der Waals surface area contributed by atoms with Crippen LogP contribution in [0.3, 0.4) is 0 Å². The fraction of sp³-hybridized carbons (Fsp3) is 0.606. The van der Waals surface area contributed by atoms with Crippen molar-refractivity contribution in [1.82, 2.24) is 24.6 Å². The van der Waals surface area contributed by atoms with Crippen LogP contribution in [0.15, 0.2) is 42.6 Å². The van der Waals surface area contributed by atoms with Gasteiger partial charge in [-0.1, -0.05) is 51.1 Å². The van der Waals surface area contributed by atoms with E-state index in [0.717, 1.165) is 50.2 Å². The molecule has 0 radical (unpaired) electrons. The summed E-state index contributed by atoms with van der Waals surface area (Å²) >= 11 is 0. The Morgan fingerprint density at radius 1 is 1.00 bits per heavy atom. The lowest BCUT2D eigenvalue weighted by atomic mass is 9.90. The summed E-state index contributed by atoms with van der Waals surface area (Å²) < 4.78 is 6.98. The predicted octanol–water partition coefficient (Wildman–Crippen LogP) is 5.63. The van der Waals surface area contributed by atoms with E-state index in [2.05, 4.69) is 69.1 Å². The lowest BCUT2D eigenvalue weighted by molar-refractivity contribution is 0.0878. The van der Waals surface area contributed by atoms with Gasteiger partial charge in [0.25, 0.3) is 0 Å². The van der Waals surface area contributed by atoms with Gasteiger partial charge < -0.3 is 24.2 Å². The van der Waals surface area contributed by atoms with Crippen molar-refractivity contribution >= 4 is 20.4 Å². The number of carboxylic acid groups (broad SMARTS) is 1. The van der Waals surface area contributed by atoms with Gasteiger partial charge >= 0.3 is 12.1 Å². The molecule has 4 heterocycles. The number of amides is 3. The highest BCUT2D eigenvalue weighted by molar-refractivity contribution is 6.74. The van der Waals surface area contributed by atoms with Crippen molar-refractivity contribution < 1.29 is 19.1 Å². The maximum atomic E-state index is 13.6. The second-order valence-corrected chi connectivity index (χ2v) is 18.8. The normalized spacial score (nSPS) is 19.6. The Morgan fingerprint density at radius 3 is 2.35 bits per heavy atom. The number of nitrogens with zero attached hydrogens (tertiary/aromatic N) is 5. The third-order valence-electron chi connectivity index (χ3n) is 9.98. The van der Waals surface area contributed by atoms with Crippen LogP contribution >= 0.6 is 0 Å². The number of hydrogen-bond donors (Lipinski definition) is 1. The van der Waals surface area contributed by atoms with E-state index in [0.29, 0.717) is 45.2 Å². The molecule has 0 bridgehead atoms. The second-order valence-electron chi connectivity index (χ2n) is 14.0. The molecule has 1 N–H and O–H groups in total. The Morgan fingerprint density at radius 2 is 1.70 bits per heavy atom. The Kier molecular flexibility index (Phi) is 9.48. The number of likely N-dealkylation sites (tertiary alicyclic amines) is 1. The largest absolute Gasteiger partial charge is 0.465 e. The van der Waals surface area contributed by atoms with Gasteiger partial charge in [-0.3, -0.25) is 9.88 Å².